The van der Waals surface area contributed by atoms with Crippen LogP contribution in [0.2, 0.25) is 0 Å². The number of thiophene rings is 1. The normalized spacial score (nSPS) is 14.5. The molecule has 0 saturated heterocycles. The van der Waals surface area contributed by atoms with Crippen LogP contribution < -0.4 is 0 Å². The summed E-state index contributed by atoms with van der Waals surface area (Å²) in [6.07, 6.45) is 4.72. The van der Waals surface area contributed by atoms with Crippen LogP contribution in [0.3, 0.4) is 0 Å². The molecule has 0 spiro atoms. The third-order valence-electron chi connectivity index (χ3n) is 2.13. The first-order valence-electron chi connectivity index (χ1n) is 4.56. The van der Waals surface area contributed by atoms with Crippen molar-refractivity contribution < 1.29 is 5.11 Å². The van der Waals surface area contributed by atoms with Gasteiger partial charge in [0.15, 0.2) is 0 Å². The van der Waals surface area contributed by atoms with E-state index in [-0.39, 0.29) is 0 Å². The molecule has 0 fully saturated rings. The van der Waals surface area contributed by atoms with Crippen molar-refractivity contribution in [2.24, 2.45) is 0 Å². The number of thioether (sulfide) groups is 1. The minimum atomic E-state index is -0.865. The van der Waals surface area contributed by atoms with E-state index in [1.807, 2.05) is 23.8 Å². The maximum Gasteiger partial charge on any atom is 0.107 e. The highest BCUT2D eigenvalue weighted by molar-refractivity contribution is 8.22. The second-order valence-electron chi connectivity index (χ2n) is 3.25. The molecule has 1 atom stereocenters. The Morgan fingerprint density at radius 2 is 2.53 bits per heavy atom. The summed E-state index contributed by atoms with van der Waals surface area (Å²) in [6, 6.07) is 3.88. The van der Waals surface area contributed by atoms with Gasteiger partial charge in [0.25, 0.3) is 0 Å². The predicted molar refractivity (Wildman–Crippen MR) is 73.8 cm³/mol. The van der Waals surface area contributed by atoms with Gasteiger partial charge >= 0.3 is 0 Å². The Labute approximate surface area is 104 Å². The first kappa shape index (κ1) is 12.9. The first-order chi connectivity index (χ1) is 7.12. The number of hydrogen-bond donors (Lipinski definition) is 1. The van der Waals surface area contributed by atoms with Gasteiger partial charge in [-0.15, -0.1) is 29.7 Å². The van der Waals surface area contributed by atoms with Gasteiger partial charge in [-0.1, -0.05) is 24.4 Å². The average Bonchev–Trinajstić information content (AvgIpc) is 2.71. The maximum atomic E-state index is 10.5. The number of thiocarbonyl (C=S) groups is 1. The van der Waals surface area contributed by atoms with E-state index in [1.54, 1.807) is 17.4 Å². The van der Waals surface area contributed by atoms with E-state index in [4.69, 9.17) is 12.2 Å². The Morgan fingerprint density at radius 1 is 1.80 bits per heavy atom. The first-order valence-corrected chi connectivity index (χ1v) is 7.08. The van der Waals surface area contributed by atoms with Gasteiger partial charge in [0.05, 0.1) is 4.20 Å². The van der Waals surface area contributed by atoms with E-state index >= 15 is 0 Å². The van der Waals surface area contributed by atoms with Gasteiger partial charge in [-0.3, -0.25) is 0 Å². The van der Waals surface area contributed by atoms with Gasteiger partial charge in [0, 0.05) is 11.3 Å². The van der Waals surface area contributed by atoms with Crippen molar-refractivity contribution in [1.82, 2.24) is 0 Å². The molecular weight excluding hydrogens is 244 g/mol. The molecule has 0 aromatic carbocycles. The zero-order valence-corrected chi connectivity index (χ0v) is 11.1. The zero-order chi connectivity index (χ0) is 11.3. The summed E-state index contributed by atoms with van der Waals surface area (Å²) in [4.78, 5) is 0.957. The average molecular weight is 258 g/mol. The highest BCUT2D eigenvalue weighted by Crippen LogP contribution is 2.34. The summed E-state index contributed by atoms with van der Waals surface area (Å²) in [6.45, 7) is 3.68. The Kier molecular flexibility index (Phi) is 4.99. The monoisotopic (exact) mass is 258 g/mol. The molecule has 15 heavy (non-hydrogen) atoms. The fourth-order valence-electron chi connectivity index (χ4n) is 1.35. The van der Waals surface area contributed by atoms with Crippen LogP contribution in [0.5, 0.6) is 0 Å². The van der Waals surface area contributed by atoms with E-state index in [0.717, 1.165) is 9.07 Å². The van der Waals surface area contributed by atoms with E-state index < -0.39 is 5.60 Å². The summed E-state index contributed by atoms with van der Waals surface area (Å²) in [7, 11) is 0. The van der Waals surface area contributed by atoms with Crippen LogP contribution in [0.4, 0.5) is 0 Å². The van der Waals surface area contributed by atoms with E-state index in [2.05, 4.69) is 6.58 Å². The van der Waals surface area contributed by atoms with E-state index in [1.165, 1.54) is 11.8 Å². The standard InChI is InChI=1S/C11H14OS3/c1-3-6-11(12,8-10(13)14-2)9-5-4-7-15-9/h3-5,7,12H,1,6,8H2,2H3. The molecule has 0 aliphatic heterocycles. The Morgan fingerprint density at radius 3 is 3.00 bits per heavy atom. The quantitative estimate of drug-likeness (QED) is 0.644. The van der Waals surface area contributed by atoms with Crippen molar-refractivity contribution in [2.45, 2.75) is 18.4 Å². The molecule has 0 aliphatic carbocycles. The molecule has 1 N–H and O–H groups in total. The smallest absolute Gasteiger partial charge is 0.107 e. The third-order valence-corrected chi connectivity index (χ3v) is 4.43. The molecule has 1 aromatic rings. The van der Waals surface area contributed by atoms with Crippen molar-refractivity contribution in [3.8, 4) is 0 Å². The number of aliphatic hydroxyl groups is 1. The fraction of sp³-hybridized carbons (Fsp3) is 0.364. The molecule has 0 bridgehead atoms. The highest BCUT2D eigenvalue weighted by atomic mass is 32.2. The molecule has 0 aliphatic rings. The molecule has 4 heteroatoms. The SMILES string of the molecule is C=CCC(O)(CC(=S)SC)c1cccs1. The molecule has 0 radical (unpaired) electrons. The van der Waals surface area contributed by atoms with Gasteiger partial charge < -0.3 is 5.11 Å². The van der Waals surface area contributed by atoms with Crippen molar-refractivity contribution in [2.75, 3.05) is 6.26 Å². The Hall–Kier alpha value is -0.160. The Balaban J connectivity index is 2.88. The van der Waals surface area contributed by atoms with Crippen LogP contribution in [0.15, 0.2) is 30.2 Å². The molecule has 0 amide bonds. The van der Waals surface area contributed by atoms with E-state index in [0.29, 0.717) is 12.8 Å². The molecule has 82 valence electrons. The van der Waals surface area contributed by atoms with E-state index in [9.17, 15) is 5.11 Å². The van der Waals surface area contributed by atoms with Crippen LogP contribution in [0.25, 0.3) is 0 Å². The van der Waals surface area contributed by atoms with Gasteiger partial charge in [-0.2, -0.15) is 0 Å². The van der Waals surface area contributed by atoms with Crippen molar-refractivity contribution in [3.05, 3.63) is 35.0 Å². The van der Waals surface area contributed by atoms with Gasteiger partial charge in [-0.05, 0) is 24.1 Å². The lowest BCUT2D eigenvalue weighted by molar-refractivity contribution is 0.0526. The lowest BCUT2D eigenvalue weighted by atomic mass is 9.94. The Bertz CT molecular complexity index is 332. The molecule has 1 nitrogen and oxygen atoms in total. The summed E-state index contributed by atoms with van der Waals surface area (Å²) in [5.41, 5.74) is -0.865. The predicted octanol–water partition coefficient (Wildman–Crippen LogP) is 3.59. The minimum absolute atomic E-state index is 0.510. The molecule has 1 heterocycles. The second-order valence-corrected chi connectivity index (χ2v) is 5.85. The second kappa shape index (κ2) is 5.80. The molecule has 0 saturated carbocycles. The maximum absolute atomic E-state index is 10.5. The van der Waals surface area contributed by atoms with Crippen LogP contribution >= 0.6 is 35.3 Å². The van der Waals surface area contributed by atoms with Crippen LogP contribution in [0.1, 0.15) is 17.7 Å². The van der Waals surface area contributed by atoms with Crippen molar-refractivity contribution >= 4 is 39.5 Å². The largest absolute Gasteiger partial charge is 0.384 e. The van der Waals surface area contributed by atoms with Crippen molar-refractivity contribution in [1.29, 1.82) is 0 Å². The highest BCUT2D eigenvalue weighted by Gasteiger charge is 2.30. The summed E-state index contributed by atoms with van der Waals surface area (Å²) >= 11 is 8.24. The molecule has 1 aromatic heterocycles. The molecular formula is C11H14OS3. The lowest BCUT2D eigenvalue weighted by Gasteiger charge is -2.25. The van der Waals surface area contributed by atoms with Gasteiger partial charge in [0.1, 0.15) is 5.60 Å². The summed E-state index contributed by atoms with van der Waals surface area (Å²) in [5.74, 6) is 0. The summed E-state index contributed by atoms with van der Waals surface area (Å²) < 4.78 is 0.827. The van der Waals surface area contributed by atoms with Crippen LogP contribution in [-0.4, -0.2) is 15.6 Å². The third kappa shape index (κ3) is 3.41. The van der Waals surface area contributed by atoms with Crippen LogP contribution in [0, 0.1) is 0 Å². The number of hydrogen-bond acceptors (Lipinski definition) is 4. The minimum Gasteiger partial charge on any atom is -0.384 e. The van der Waals surface area contributed by atoms with Crippen molar-refractivity contribution in [3.63, 3.8) is 0 Å². The fourth-order valence-corrected chi connectivity index (χ4v) is 2.81. The van der Waals surface area contributed by atoms with Gasteiger partial charge in [-0.25, -0.2) is 0 Å². The van der Waals surface area contributed by atoms with Crippen LogP contribution in [-0.2, 0) is 5.60 Å². The summed E-state index contributed by atoms with van der Waals surface area (Å²) in [5, 5.41) is 12.5. The molecule has 1 unspecified atom stereocenters. The molecule has 1 rings (SSSR count). The zero-order valence-electron chi connectivity index (χ0n) is 8.60. The topological polar surface area (TPSA) is 20.2 Å². The van der Waals surface area contributed by atoms with Gasteiger partial charge in [0.2, 0.25) is 0 Å². The lowest BCUT2D eigenvalue weighted by Crippen LogP contribution is -2.26. The number of rotatable bonds is 5.